The Hall–Kier alpha value is -4.88. The van der Waals surface area contributed by atoms with Gasteiger partial charge in [-0.25, -0.2) is 4.79 Å². The van der Waals surface area contributed by atoms with E-state index in [1.54, 1.807) is 0 Å². The van der Waals surface area contributed by atoms with E-state index in [1.165, 1.54) is 57.8 Å². The van der Waals surface area contributed by atoms with Gasteiger partial charge in [0.25, 0.3) is 0 Å². The van der Waals surface area contributed by atoms with E-state index < -0.39 is 67.3 Å². The number of hydrogen-bond donors (Lipinski definition) is 3. The van der Waals surface area contributed by atoms with Crippen molar-refractivity contribution in [3.05, 3.63) is 122 Å². The van der Waals surface area contributed by atoms with Gasteiger partial charge in [0, 0.05) is 19.3 Å². The lowest BCUT2D eigenvalue weighted by Crippen LogP contribution is -2.61. The first-order valence-corrected chi connectivity index (χ1v) is 32.5. The fourth-order valence-corrected chi connectivity index (χ4v) is 9.10. The zero-order chi connectivity index (χ0) is 60.3. The number of aliphatic carboxylic acids is 1. The zero-order valence-corrected chi connectivity index (χ0v) is 51.9. The monoisotopic (exact) mass is 1160 g/mol. The quantitative estimate of drug-likeness (QED) is 0.0228. The zero-order valence-electron chi connectivity index (χ0n) is 51.9. The van der Waals surface area contributed by atoms with Crippen molar-refractivity contribution in [3.8, 4) is 0 Å². The molecule has 0 spiro atoms. The maximum absolute atomic E-state index is 13.2. The molecular formula is C71H114O12. The third kappa shape index (κ3) is 47.1. The molecule has 0 bridgehead atoms. The number of carboxylic acids is 1. The second kappa shape index (κ2) is 57.5. The molecule has 6 unspecified atom stereocenters. The number of carboxylic acid groups (broad SMARTS) is 1. The summed E-state index contributed by atoms with van der Waals surface area (Å²) in [6, 6.07) is 0. The van der Waals surface area contributed by atoms with Crippen molar-refractivity contribution in [3.63, 3.8) is 0 Å². The highest BCUT2D eigenvalue weighted by atomic mass is 16.7. The van der Waals surface area contributed by atoms with Gasteiger partial charge >= 0.3 is 23.9 Å². The van der Waals surface area contributed by atoms with Crippen LogP contribution in [0.4, 0.5) is 0 Å². The number of ether oxygens (including phenoxy) is 5. The van der Waals surface area contributed by atoms with Crippen LogP contribution in [-0.4, -0.2) is 89.2 Å². The Bertz CT molecular complexity index is 1900. The summed E-state index contributed by atoms with van der Waals surface area (Å²) < 4.78 is 28.5. The Labute approximate surface area is 503 Å². The van der Waals surface area contributed by atoms with Crippen LogP contribution in [0.2, 0.25) is 0 Å². The second-order valence-electron chi connectivity index (χ2n) is 21.6. The number of esters is 3. The molecular weight excluding hydrogens is 1040 g/mol. The number of allylic oxidation sites excluding steroid dienone is 20. The molecule has 0 aromatic carbocycles. The van der Waals surface area contributed by atoms with E-state index in [4.69, 9.17) is 23.7 Å². The molecule has 1 rings (SSSR count). The lowest BCUT2D eigenvalue weighted by Gasteiger charge is -2.40. The number of unbranched alkanes of at least 4 members (excludes halogenated alkanes) is 20. The van der Waals surface area contributed by atoms with Gasteiger partial charge in [-0.3, -0.25) is 14.4 Å². The van der Waals surface area contributed by atoms with Crippen molar-refractivity contribution < 1.29 is 58.2 Å². The van der Waals surface area contributed by atoms with Crippen molar-refractivity contribution in [2.75, 3.05) is 13.2 Å². The van der Waals surface area contributed by atoms with Gasteiger partial charge in [0.05, 0.1) is 6.61 Å². The normalized spacial score (nSPS) is 18.4. The molecule has 0 aromatic heterocycles. The van der Waals surface area contributed by atoms with E-state index in [-0.39, 0.29) is 25.9 Å². The summed E-state index contributed by atoms with van der Waals surface area (Å²) in [5.41, 5.74) is 0. The van der Waals surface area contributed by atoms with E-state index in [9.17, 15) is 34.5 Å². The van der Waals surface area contributed by atoms with Crippen LogP contribution in [0.15, 0.2) is 122 Å². The highest BCUT2D eigenvalue weighted by molar-refractivity contribution is 5.74. The lowest BCUT2D eigenvalue weighted by molar-refractivity contribution is -0.301. The molecule has 470 valence electrons. The van der Waals surface area contributed by atoms with Gasteiger partial charge in [-0.2, -0.15) is 0 Å². The molecule has 12 heteroatoms. The van der Waals surface area contributed by atoms with E-state index in [1.807, 2.05) is 12.2 Å². The molecule has 0 aliphatic carbocycles. The van der Waals surface area contributed by atoms with Crippen LogP contribution in [0.1, 0.15) is 252 Å². The number of rotatable bonds is 54. The van der Waals surface area contributed by atoms with Crippen molar-refractivity contribution in [1.82, 2.24) is 0 Å². The highest BCUT2D eigenvalue weighted by Gasteiger charge is 2.50. The van der Waals surface area contributed by atoms with Crippen molar-refractivity contribution in [1.29, 1.82) is 0 Å². The predicted molar refractivity (Wildman–Crippen MR) is 340 cm³/mol. The van der Waals surface area contributed by atoms with Gasteiger partial charge in [0.15, 0.2) is 24.6 Å². The molecule has 0 aromatic rings. The van der Waals surface area contributed by atoms with Gasteiger partial charge in [-0.15, -0.1) is 0 Å². The number of hydrogen-bond acceptors (Lipinski definition) is 11. The highest BCUT2D eigenvalue weighted by Crippen LogP contribution is 2.26. The Balaban J connectivity index is 2.71. The number of aliphatic hydroxyl groups excluding tert-OH is 2. The van der Waals surface area contributed by atoms with Crippen LogP contribution >= 0.6 is 0 Å². The first kappa shape index (κ1) is 76.1. The Morgan fingerprint density at radius 2 is 0.771 bits per heavy atom. The van der Waals surface area contributed by atoms with Crippen LogP contribution in [0, 0.1) is 0 Å². The van der Waals surface area contributed by atoms with Gasteiger partial charge in [0.1, 0.15) is 18.8 Å². The lowest BCUT2D eigenvalue weighted by atomic mass is 9.98. The van der Waals surface area contributed by atoms with Crippen LogP contribution in [0.3, 0.4) is 0 Å². The summed E-state index contributed by atoms with van der Waals surface area (Å²) in [6.07, 6.45) is 67.3. The largest absolute Gasteiger partial charge is 0.479 e. The van der Waals surface area contributed by atoms with Crippen molar-refractivity contribution in [2.24, 2.45) is 0 Å². The fraction of sp³-hybridized carbons (Fsp3) is 0.662. The molecule has 0 saturated carbocycles. The Morgan fingerprint density at radius 3 is 1.19 bits per heavy atom. The SMILES string of the molecule is CC/C=C\C/C=C\C/C=C\C/C=C\C/C=C\CCCC(=O)OC(COC(=O)CCCCCCCCCCC/C=C\C/C=C\CCCCC)COC1OC(C(=O)O)C(O)C(O)C1OC(=O)CCCCCCCCC/C=C\C/C=C\C/C=C\CC. The Kier molecular flexibility index (Phi) is 52.8. The van der Waals surface area contributed by atoms with E-state index in [0.29, 0.717) is 25.7 Å². The Morgan fingerprint density at radius 1 is 0.410 bits per heavy atom. The minimum atomic E-state index is -1.92. The molecule has 1 saturated heterocycles. The van der Waals surface area contributed by atoms with Crippen molar-refractivity contribution >= 4 is 23.9 Å². The number of aliphatic hydroxyl groups is 2. The van der Waals surface area contributed by atoms with Gasteiger partial charge in [0.2, 0.25) is 0 Å². The summed E-state index contributed by atoms with van der Waals surface area (Å²) in [4.78, 5) is 51.3. The summed E-state index contributed by atoms with van der Waals surface area (Å²) in [7, 11) is 0. The van der Waals surface area contributed by atoms with E-state index in [2.05, 4.69) is 130 Å². The van der Waals surface area contributed by atoms with Crippen LogP contribution < -0.4 is 0 Å². The maximum atomic E-state index is 13.2. The van der Waals surface area contributed by atoms with E-state index >= 15 is 0 Å². The molecule has 3 N–H and O–H groups in total. The van der Waals surface area contributed by atoms with Gasteiger partial charge in [-0.1, -0.05) is 232 Å². The molecule has 83 heavy (non-hydrogen) atoms. The maximum Gasteiger partial charge on any atom is 0.335 e. The standard InChI is InChI=1S/C71H114O12/c1-4-7-10-13-16-19-22-25-28-31-32-35-36-39-42-45-48-51-54-57-63(72)79-60-62(81-64(73)58-55-52-49-46-43-40-37-33-29-26-23-20-17-14-11-8-5-2)61-80-71-69(67(76)66(75)68(83-71)70(77)78)82-65(74)59-56-53-50-47-44-41-38-34-30-27-24-21-18-15-12-9-6-3/h8-9,11-12,16-21,25-30,37,40,46,49,62,66-69,71,75-76H,4-7,10,13-15,22-24,31-36,38-39,41-45,47-48,50-61H2,1-3H3,(H,77,78)/b11-8-,12-9-,19-16-,20-17-,21-18-,28-25-,29-26-,30-27-,40-37-,49-46-. The minimum Gasteiger partial charge on any atom is -0.479 e. The molecule has 6 atom stereocenters. The molecule has 0 radical (unpaired) electrons. The summed E-state index contributed by atoms with van der Waals surface area (Å²) in [6.45, 7) is 5.70. The predicted octanol–water partition coefficient (Wildman–Crippen LogP) is 17.6. The summed E-state index contributed by atoms with van der Waals surface area (Å²) in [5.74, 6) is -3.23. The average molecular weight is 1160 g/mol. The third-order valence-electron chi connectivity index (χ3n) is 14.0. The smallest absolute Gasteiger partial charge is 0.335 e. The molecule has 12 nitrogen and oxygen atoms in total. The molecule has 0 amide bonds. The fourth-order valence-electron chi connectivity index (χ4n) is 9.10. The second-order valence-corrected chi connectivity index (χ2v) is 21.6. The molecule has 1 heterocycles. The summed E-state index contributed by atoms with van der Waals surface area (Å²) >= 11 is 0. The minimum absolute atomic E-state index is 0.0363. The van der Waals surface area contributed by atoms with Crippen LogP contribution in [0.25, 0.3) is 0 Å². The number of carbonyl (C=O) groups is 4. The molecule has 1 fully saturated rings. The van der Waals surface area contributed by atoms with Crippen LogP contribution in [0.5, 0.6) is 0 Å². The van der Waals surface area contributed by atoms with Crippen LogP contribution in [-0.2, 0) is 42.9 Å². The molecule has 1 aliphatic rings. The summed E-state index contributed by atoms with van der Waals surface area (Å²) in [5, 5.41) is 31.6. The average Bonchev–Trinajstić information content (AvgIpc) is 3.59. The van der Waals surface area contributed by atoms with Gasteiger partial charge in [-0.05, 0) is 122 Å². The third-order valence-corrected chi connectivity index (χ3v) is 14.0. The van der Waals surface area contributed by atoms with Gasteiger partial charge < -0.3 is 39.0 Å². The van der Waals surface area contributed by atoms with E-state index in [0.717, 1.165) is 128 Å². The van der Waals surface area contributed by atoms with Crippen molar-refractivity contribution in [2.45, 2.75) is 289 Å². The number of carbonyl (C=O) groups excluding carboxylic acids is 3. The first-order valence-electron chi connectivity index (χ1n) is 32.5. The molecule has 1 aliphatic heterocycles. The topological polar surface area (TPSA) is 175 Å². The first-order chi connectivity index (χ1) is 40.6.